The molecule has 0 aromatic rings. The molecule has 0 aromatic carbocycles. The first-order chi connectivity index (χ1) is 5.61. The van der Waals surface area contributed by atoms with E-state index in [4.69, 9.17) is 11.5 Å². The van der Waals surface area contributed by atoms with Gasteiger partial charge in [0.25, 0.3) is 0 Å². The van der Waals surface area contributed by atoms with Gasteiger partial charge in [-0.2, -0.15) is 0 Å². The van der Waals surface area contributed by atoms with Gasteiger partial charge in [0.1, 0.15) is 0 Å². The topological polar surface area (TPSA) is 87.2 Å². The van der Waals surface area contributed by atoms with Gasteiger partial charge in [0.05, 0.1) is 5.92 Å². The Bertz CT molecular complexity index is 185. The van der Waals surface area contributed by atoms with Crippen LogP contribution in [0.3, 0.4) is 0 Å². The van der Waals surface area contributed by atoms with Crippen molar-refractivity contribution in [3.05, 3.63) is 0 Å². The van der Waals surface area contributed by atoms with E-state index in [2.05, 4.69) is 0 Å². The summed E-state index contributed by atoms with van der Waals surface area (Å²) in [5, 5.41) is 0. The van der Waals surface area contributed by atoms with Gasteiger partial charge in [-0.1, -0.05) is 0 Å². The molecular weight excluding hydrogens is 158 g/mol. The number of carbonyl (C=O) groups is 2. The monoisotopic (exact) mass is 170 g/mol. The first-order valence-electron chi connectivity index (χ1n) is 3.91. The molecule has 1 aliphatic rings. The molecule has 5 nitrogen and oxygen atoms in total. The number of hydrogen-bond acceptors (Lipinski definition) is 2. The van der Waals surface area contributed by atoms with Gasteiger partial charge in [-0.15, -0.1) is 0 Å². The maximum absolute atomic E-state index is 10.7. The van der Waals surface area contributed by atoms with Crippen LogP contribution >= 0.6 is 0 Å². The number of nitrogens with zero attached hydrogens (tertiary/aromatic N) is 1. The van der Waals surface area contributed by atoms with E-state index in [1.807, 2.05) is 0 Å². The molecule has 1 radical (unpaired) electrons. The third kappa shape index (κ3) is 1.87. The van der Waals surface area contributed by atoms with E-state index in [0.717, 1.165) is 12.8 Å². The molecule has 0 aliphatic carbocycles. The minimum atomic E-state index is -0.721. The van der Waals surface area contributed by atoms with Crippen molar-refractivity contribution in [3.63, 3.8) is 0 Å². The van der Waals surface area contributed by atoms with E-state index in [1.54, 1.807) is 0 Å². The van der Waals surface area contributed by atoms with Crippen molar-refractivity contribution in [2.75, 3.05) is 13.1 Å². The second-order valence-electron chi connectivity index (χ2n) is 2.99. The summed E-state index contributed by atoms with van der Waals surface area (Å²) in [6, 6.07) is -0.721. The number of primary amides is 1. The summed E-state index contributed by atoms with van der Waals surface area (Å²) in [7, 11) is 0. The van der Waals surface area contributed by atoms with Crippen LogP contribution in [0.15, 0.2) is 0 Å². The maximum Gasteiger partial charge on any atom is 0.336 e. The Kier molecular flexibility index (Phi) is 2.52. The van der Waals surface area contributed by atoms with Crippen molar-refractivity contribution in [1.29, 1.82) is 0 Å². The number of likely N-dealkylation sites (tertiary alicyclic amines) is 1. The minimum Gasteiger partial charge on any atom is -0.369 e. The number of amides is 3. The van der Waals surface area contributed by atoms with Crippen LogP contribution < -0.4 is 11.5 Å². The fourth-order valence-corrected chi connectivity index (χ4v) is 1.39. The minimum absolute atomic E-state index is 0.256. The highest BCUT2D eigenvalue weighted by Gasteiger charge is 2.25. The van der Waals surface area contributed by atoms with Crippen molar-refractivity contribution in [2.24, 2.45) is 11.7 Å². The van der Waals surface area contributed by atoms with Gasteiger partial charge >= 0.3 is 6.03 Å². The van der Waals surface area contributed by atoms with Crippen LogP contribution in [0.25, 0.3) is 0 Å². The molecule has 0 bridgehead atoms. The second kappa shape index (κ2) is 3.42. The molecule has 12 heavy (non-hydrogen) atoms. The molecule has 0 aromatic heterocycles. The molecule has 1 fully saturated rings. The molecule has 1 heterocycles. The lowest BCUT2D eigenvalue weighted by atomic mass is 9.98. The first kappa shape index (κ1) is 8.83. The predicted octanol–water partition coefficient (Wildman–Crippen LogP) is -0.413. The fraction of sp³-hybridized carbons (Fsp3) is 0.714. The summed E-state index contributed by atoms with van der Waals surface area (Å²) >= 11 is 0. The van der Waals surface area contributed by atoms with Crippen molar-refractivity contribution >= 4 is 11.9 Å². The number of nitrogens with two attached hydrogens (primary N) is 1. The molecule has 1 unspecified atom stereocenters. The SMILES string of the molecule is [NH]C(=O)N1CCCC(C(N)=O)C1. The van der Waals surface area contributed by atoms with Gasteiger partial charge in [0.15, 0.2) is 0 Å². The zero-order chi connectivity index (χ0) is 9.14. The van der Waals surface area contributed by atoms with Crippen LogP contribution in [-0.2, 0) is 4.79 Å². The summed E-state index contributed by atoms with van der Waals surface area (Å²) in [6.07, 6.45) is 1.50. The Hall–Kier alpha value is -1.26. The summed E-state index contributed by atoms with van der Waals surface area (Å²) in [5.74, 6) is -0.631. The molecule has 5 heteroatoms. The number of rotatable bonds is 1. The van der Waals surface area contributed by atoms with Crippen LogP contribution in [0, 0.1) is 5.92 Å². The molecule has 0 saturated carbocycles. The Morgan fingerprint density at radius 2 is 2.17 bits per heavy atom. The second-order valence-corrected chi connectivity index (χ2v) is 2.99. The van der Waals surface area contributed by atoms with Crippen LogP contribution in [0.2, 0.25) is 0 Å². The van der Waals surface area contributed by atoms with Crippen molar-refractivity contribution < 1.29 is 9.59 Å². The zero-order valence-corrected chi connectivity index (χ0v) is 6.75. The highest BCUT2D eigenvalue weighted by Crippen LogP contribution is 2.15. The summed E-state index contributed by atoms with van der Waals surface area (Å²) in [5.41, 5.74) is 11.9. The normalized spacial score (nSPS) is 23.7. The molecule has 1 aliphatic heterocycles. The molecule has 1 atom stereocenters. The molecule has 67 valence electrons. The lowest BCUT2D eigenvalue weighted by molar-refractivity contribution is -0.123. The van der Waals surface area contributed by atoms with E-state index < -0.39 is 6.03 Å². The summed E-state index contributed by atoms with van der Waals surface area (Å²) < 4.78 is 0. The molecular formula is C7H12N3O2. The van der Waals surface area contributed by atoms with Crippen molar-refractivity contribution in [2.45, 2.75) is 12.8 Å². The number of hydrogen-bond donors (Lipinski definition) is 1. The van der Waals surface area contributed by atoms with E-state index in [1.165, 1.54) is 4.90 Å². The lowest BCUT2D eigenvalue weighted by Gasteiger charge is -2.29. The average molecular weight is 170 g/mol. The Morgan fingerprint density at radius 1 is 1.50 bits per heavy atom. The number of nitrogens with one attached hydrogen (secondary N) is 1. The average Bonchev–Trinajstić information content (AvgIpc) is 2.04. The van der Waals surface area contributed by atoms with E-state index in [0.29, 0.717) is 13.1 Å². The highest BCUT2D eigenvalue weighted by atomic mass is 16.2. The van der Waals surface area contributed by atoms with Gasteiger partial charge in [0, 0.05) is 13.1 Å². The molecule has 3 N–H and O–H groups in total. The van der Waals surface area contributed by atoms with Crippen molar-refractivity contribution in [3.8, 4) is 0 Å². The van der Waals surface area contributed by atoms with Gasteiger partial charge in [-0.05, 0) is 12.8 Å². The Labute approximate surface area is 70.7 Å². The standard InChI is InChI=1S/C7H12N3O2/c8-6(11)5-2-1-3-10(4-5)7(9)12/h5,9H,1-4H2,(H2,8,11). The van der Waals surface area contributed by atoms with Crippen LogP contribution in [0.4, 0.5) is 4.79 Å². The summed E-state index contributed by atoms with van der Waals surface area (Å²) in [4.78, 5) is 22.7. The van der Waals surface area contributed by atoms with Crippen molar-refractivity contribution in [1.82, 2.24) is 10.6 Å². The largest absolute Gasteiger partial charge is 0.369 e. The third-order valence-corrected chi connectivity index (χ3v) is 2.11. The first-order valence-corrected chi connectivity index (χ1v) is 3.91. The quantitative estimate of drug-likeness (QED) is 0.579. The summed E-state index contributed by atoms with van der Waals surface area (Å²) in [6.45, 7) is 0.893. The molecule has 0 spiro atoms. The van der Waals surface area contributed by atoms with Gasteiger partial charge in [-0.25, -0.2) is 10.5 Å². The van der Waals surface area contributed by atoms with E-state index >= 15 is 0 Å². The number of piperidine rings is 1. The van der Waals surface area contributed by atoms with Crippen LogP contribution in [0.1, 0.15) is 12.8 Å². The number of carbonyl (C=O) groups excluding carboxylic acids is 2. The zero-order valence-electron chi connectivity index (χ0n) is 6.75. The van der Waals surface area contributed by atoms with Gasteiger partial charge < -0.3 is 10.6 Å². The predicted molar refractivity (Wildman–Crippen MR) is 42.0 cm³/mol. The highest BCUT2D eigenvalue weighted by molar-refractivity contribution is 5.78. The Morgan fingerprint density at radius 3 is 2.67 bits per heavy atom. The maximum atomic E-state index is 10.7. The molecule has 3 amide bonds. The molecule has 1 saturated heterocycles. The van der Waals surface area contributed by atoms with Crippen LogP contribution in [-0.4, -0.2) is 29.9 Å². The third-order valence-electron chi connectivity index (χ3n) is 2.11. The lowest BCUT2D eigenvalue weighted by Crippen LogP contribution is -2.43. The number of urea groups is 1. The Balaban J connectivity index is 2.51. The van der Waals surface area contributed by atoms with Gasteiger partial charge in [0.2, 0.25) is 5.91 Å². The smallest absolute Gasteiger partial charge is 0.336 e. The van der Waals surface area contributed by atoms with E-state index in [-0.39, 0.29) is 11.8 Å². The fourth-order valence-electron chi connectivity index (χ4n) is 1.39. The van der Waals surface area contributed by atoms with Gasteiger partial charge in [-0.3, -0.25) is 4.79 Å². The van der Waals surface area contributed by atoms with E-state index in [9.17, 15) is 9.59 Å². The van der Waals surface area contributed by atoms with Crippen LogP contribution in [0.5, 0.6) is 0 Å². The molecule has 1 rings (SSSR count).